The number of halogens is 1. The smallest absolute Gasteiger partial charge is 0.191 e. The Balaban J connectivity index is 2.14. The lowest BCUT2D eigenvalue weighted by Gasteiger charge is -2.26. The minimum absolute atomic E-state index is 0.561. The molecule has 0 aliphatic heterocycles. The van der Waals surface area contributed by atoms with Crippen molar-refractivity contribution in [2.45, 2.75) is 19.3 Å². The number of guanidine groups is 1. The quantitative estimate of drug-likeness (QED) is 0.553. The van der Waals surface area contributed by atoms with Crippen LogP contribution in [0.1, 0.15) is 19.3 Å². The van der Waals surface area contributed by atoms with Crippen LogP contribution in [0.4, 0.5) is 0 Å². The fourth-order valence-corrected chi connectivity index (χ4v) is 1.40. The van der Waals surface area contributed by atoms with E-state index in [1.165, 1.54) is 19.3 Å². The van der Waals surface area contributed by atoms with Crippen LogP contribution in [0.15, 0.2) is 16.6 Å². The number of hydrogen-bond donors (Lipinski definition) is 2. The lowest BCUT2D eigenvalue weighted by Crippen LogP contribution is -2.41. The highest BCUT2D eigenvalue weighted by atomic mass is 35.5. The molecule has 0 radical (unpaired) electrons. The summed E-state index contributed by atoms with van der Waals surface area (Å²) in [5.41, 5.74) is 0. The molecule has 0 aromatic carbocycles. The molecule has 3 nitrogen and oxygen atoms in total. The van der Waals surface area contributed by atoms with Crippen LogP contribution in [0.3, 0.4) is 0 Å². The van der Waals surface area contributed by atoms with E-state index in [0.29, 0.717) is 11.6 Å². The number of nitrogens with one attached hydrogen (secondary N) is 2. The summed E-state index contributed by atoms with van der Waals surface area (Å²) in [5, 5.41) is 6.94. The first kappa shape index (κ1) is 11.4. The minimum atomic E-state index is 0.561. The molecule has 0 saturated heterocycles. The highest BCUT2D eigenvalue weighted by Crippen LogP contribution is 2.24. The van der Waals surface area contributed by atoms with E-state index in [-0.39, 0.29) is 0 Å². The van der Waals surface area contributed by atoms with E-state index in [0.717, 1.165) is 18.4 Å². The van der Waals surface area contributed by atoms with Gasteiger partial charge >= 0.3 is 0 Å². The van der Waals surface area contributed by atoms with Gasteiger partial charge in [0.2, 0.25) is 0 Å². The Morgan fingerprint density at radius 3 is 2.64 bits per heavy atom. The zero-order valence-corrected chi connectivity index (χ0v) is 9.40. The highest BCUT2D eigenvalue weighted by molar-refractivity contribution is 6.29. The maximum Gasteiger partial charge on any atom is 0.191 e. The number of hydrogen-bond acceptors (Lipinski definition) is 1. The molecule has 80 valence electrons. The van der Waals surface area contributed by atoms with Gasteiger partial charge in [0.15, 0.2) is 5.96 Å². The normalized spacial score (nSPS) is 17.4. The average molecular weight is 216 g/mol. The van der Waals surface area contributed by atoms with E-state index in [2.05, 4.69) is 22.2 Å². The molecule has 1 saturated carbocycles. The Labute approximate surface area is 90.6 Å². The van der Waals surface area contributed by atoms with E-state index < -0.39 is 0 Å². The summed E-state index contributed by atoms with van der Waals surface area (Å²) in [7, 11) is 1.76. The Kier molecular flexibility index (Phi) is 4.80. The third-order valence-corrected chi connectivity index (χ3v) is 2.59. The molecule has 0 amide bonds. The van der Waals surface area contributed by atoms with Crippen molar-refractivity contribution in [1.82, 2.24) is 10.6 Å². The predicted octanol–water partition coefficient (Wildman–Crippen LogP) is 1.70. The molecule has 0 heterocycles. The SMILES string of the molecule is C=C(Cl)CNC(=NC)NCC1CCC1. The molecule has 1 rings (SSSR count). The van der Waals surface area contributed by atoms with E-state index in [1.54, 1.807) is 7.05 Å². The van der Waals surface area contributed by atoms with Gasteiger partial charge in [-0.3, -0.25) is 4.99 Å². The van der Waals surface area contributed by atoms with Gasteiger partial charge in [-0.05, 0) is 18.8 Å². The lowest BCUT2D eigenvalue weighted by atomic mass is 9.85. The zero-order valence-electron chi connectivity index (χ0n) is 8.65. The van der Waals surface area contributed by atoms with Gasteiger partial charge in [-0.2, -0.15) is 0 Å². The van der Waals surface area contributed by atoms with Crippen LogP contribution in [0.25, 0.3) is 0 Å². The maximum atomic E-state index is 5.64. The van der Waals surface area contributed by atoms with Gasteiger partial charge < -0.3 is 10.6 Å². The molecular formula is C10H18ClN3. The molecule has 1 aliphatic carbocycles. The second kappa shape index (κ2) is 5.91. The first-order valence-corrected chi connectivity index (χ1v) is 5.38. The first-order chi connectivity index (χ1) is 6.72. The van der Waals surface area contributed by atoms with E-state index in [9.17, 15) is 0 Å². The van der Waals surface area contributed by atoms with Crippen LogP contribution in [-0.4, -0.2) is 26.1 Å². The maximum absolute atomic E-state index is 5.64. The van der Waals surface area contributed by atoms with Crippen LogP contribution >= 0.6 is 11.6 Å². The minimum Gasteiger partial charge on any atom is -0.356 e. The second-order valence-corrected chi connectivity index (χ2v) is 4.16. The Morgan fingerprint density at radius 1 is 1.50 bits per heavy atom. The molecule has 1 aliphatic rings. The summed E-state index contributed by atoms with van der Waals surface area (Å²) in [4.78, 5) is 4.09. The summed E-state index contributed by atoms with van der Waals surface area (Å²) in [6.45, 7) is 5.17. The fourth-order valence-electron chi connectivity index (χ4n) is 1.34. The van der Waals surface area contributed by atoms with Crippen molar-refractivity contribution in [3.8, 4) is 0 Å². The van der Waals surface area contributed by atoms with Crippen LogP contribution < -0.4 is 10.6 Å². The van der Waals surface area contributed by atoms with Crippen molar-refractivity contribution >= 4 is 17.6 Å². The van der Waals surface area contributed by atoms with Gasteiger partial charge in [0, 0.05) is 18.6 Å². The van der Waals surface area contributed by atoms with Gasteiger partial charge in [-0.15, -0.1) is 0 Å². The largest absolute Gasteiger partial charge is 0.356 e. The van der Waals surface area contributed by atoms with Gasteiger partial charge in [0.05, 0.1) is 6.54 Å². The van der Waals surface area contributed by atoms with Gasteiger partial charge in [-0.25, -0.2) is 0 Å². The summed E-state index contributed by atoms with van der Waals surface area (Å²) in [6, 6.07) is 0. The zero-order chi connectivity index (χ0) is 10.4. The third-order valence-electron chi connectivity index (χ3n) is 2.45. The Hall–Kier alpha value is -0.700. The average Bonchev–Trinajstić information content (AvgIpc) is 2.07. The first-order valence-electron chi connectivity index (χ1n) is 5.00. The molecule has 1 fully saturated rings. The van der Waals surface area contributed by atoms with Crippen LogP contribution in [0, 0.1) is 5.92 Å². The monoisotopic (exact) mass is 215 g/mol. The van der Waals surface area contributed by atoms with E-state index >= 15 is 0 Å². The van der Waals surface area contributed by atoms with Crippen LogP contribution in [0.2, 0.25) is 0 Å². The summed E-state index contributed by atoms with van der Waals surface area (Å²) in [5.74, 6) is 1.63. The molecule has 0 aromatic heterocycles. The van der Waals surface area contributed by atoms with Crippen LogP contribution in [-0.2, 0) is 0 Å². The van der Waals surface area contributed by atoms with Crippen molar-refractivity contribution in [2.75, 3.05) is 20.1 Å². The number of aliphatic imine (C=N–C) groups is 1. The summed E-state index contributed by atoms with van der Waals surface area (Å²) >= 11 is 5.64. The second-order valence-electron chi connectivity index (χ2n) is 3.62. The lowest BCUT2D eigenvalue weighted by molar-refractivity contribution is 0.315. The molecule has 0 bridgehead atoms. The molecule has 0 atom stereocenters. The van der Waals surface area contributed by atoms with Crippen molar-refractivity contribution in [3.05, 3.63) is 11.6 Å². The van der Waals surface area contributed by atoms with Gasteiger partial charge in [-0.1, -0.05) is 24.6 Å². The molecule has 0 spiro atoms. The molecular weight excluding hydrogens is 198 g/mol. The molecule has 14 heavy (non-hydrogen) atoms. The molecule has 0 unspecified atom stereocenters. The molecule has 0 aromatic rings. The van der Waals surface area contributed by atoms with Crippen molar-refractivity contribution in [2.24, 2.45) is 10.9 Å². The number of nitrogens with zero attached hydrogens (tertiary/aromatic N) is 1. The van der Waals surface area contributed by atoms with E-state index in [1.807, 2.05) is 0 Å². The highest BCUT2D eigenvalue weighted by Gasteiger charge is 2.17. The summed E-state index contributed by atoms with van der Waals surface area (Å²) in [6.07, 6.45) is 4.05. The Morgan fingerprint density at radius 2 is 2.21 bits per heavy atom. The number of rotatable bonds is 4. The van der Waals surface area contributed by atoms with Gasteiger partial charge in [0.25, 0.3) is 0 Å². The molecule has 2 N–H and O–H groups in total. The van der Waals surface area contributed by atoms with E-state index in [4.69, 9.17) is 11.6 Å². The van der Waals surface area contributed by atoms with Crippen molar-refractivity contribution in [3.63, 3.8) is 0 Å². The molecule has 4 heteroatoms. The van der Waals surface area contributed by atoms with Crippen molar-refractivity contribution < 1.29 is 0 Å². The fraction of sp³-hybridized carbons (Fsp3) is 0.700. The van der Waals surface area contributed by atoms with Crippen LogP contribution in [0.5, 0.6) is 0 Å². The van der Waals surface area contributed by atoms with Gasteiger partial charge in [0.1, 0.15) is 0 Å². The van der Waals surface area contributed by atoms with Crippen molar-refractivity contribution in [1.29, 1.82) is 0 Å². The topological polar surface area (TPSA) is 36.4 Å². The third kappa shape index (κ3) is 4.01. The predicted molar refractivity (Wildman–Crippen MR) is 61.7 cm³/mol. The standard InChI is InChI=1S/C10H18ClN3/c1-8(11)6-13-10(12-2)14-7-9-4-3-5-9/h9H,1,3-7H2,2H3,(H2,12,13,14). The Bertz CT molecular complexity index is 221. The summed E-state index contributed by atoms with van der Waals surface area (Å²) < 4.78 is 0.